The van der Waals surface area contributed by atoms with Crippen LogP contribution in [0.1, 0.15) is 17.0 Å². The molecule has 0 fully saturated rings. The molecule has 0 radical (unpaired) electrons. The van der Waals surface area contributed by atoms with E-state index in [4.69, 9.17) is 0 Å². The Balaban J connectivity index is 1.92. The van der Waals surface area contributed by atoms with Crippen molar-refractivity contribution in [3.05, 3.63) is 65.2 Å². The molecule has 22 heavy (non-hydrogen) atoms. The first kappa shape index (κ1) is 14.3. The summed E-state index contributed by atoms with van der Waals surface area (Å²) in [7, 11) is 0. The summed E-state index contributed by atoms with van der Waals surface area (Å²) in [4.78, 5) is 7.31. The van der Waals surface area contributed by atoms with E-state index in [2.05, 4.69) is 9.97 Å². The first-order valence-electron chi connectivity index (χ1n) is 6.43. The number of aromatic amines is 1. The quantitative estimate of drug-likeness (QED) is 0.671. The molecule has 1 heterocycles. The molecule has 3 aromatic rings. The van der Waals surface area contributed by atoms with Crippen LogP contribution in [0.5, 0.6) is 0 Å². The van der Waals surface area contributed by atoms with Gasteiger partial charge in [-0.15, -0.1) is 0 Å². The Bertz CT molecular complexity index is 814. The predicted octanol–water partition coefficient (Wildman–Crippen LogP) is 4.89. The third kappa shape index (κ3) is 2.86. The molecule has 112 valence electrons. The van der Waals surface area contributed by atoms with Crippen molar-refractivity contribution in [3.8, 4) is 0 Å². The van der Waals surface area contributed by atoms with Crippen LogP contribution in [0, 0.1) is 5.82 Å². The molecule has 0 bridgehead atoms. The summed E-state index contributed by atoms with van der Waals surface area (Å²) in [6.45, 7) is 0. The molecule has 0 spiro atoms. The molecule has 1 aromatic heterocycles. The smallest absolute Gasteiger partial charge is 0.338 e. The average molecular weight is 306 g/mol. The summed E-state index contributed by atoms with van der Waals surface area (Å²) in [6.07, 6.45) is -1.72. The summed E-state index contributed by atoms with van der Waals surface area (Å²) in [5, 5.41) is 0. The summed E-state index contributed by atoms with van der Waals surface area (Å²) < 4.78 is 51.2. The molecule has 0 saturated heterocycles. The fraction of sp³-hybridized carbons (Fsp3) is 0.0625. The highest BCUT2D eigenvalue weighted by Gasteiger charge is 2.33. The highest BCUT2D eigenvalue weighted by Crippen LogP contribution is 2.32. The van der Waals surface area contributed by atoms with Crippen LogP contribution >= 0.6 is 0 Å². The van der Waals surface area contributed by atoms with Crippen LogP contribution in [-0.2, 0) is 6.18 Å². The van der Waals surface area contributed by atoms with E-state index in [1.807, 2.05) is 24.3 Å². The molecule has 0 amide bonds. The minimum atomic E-state index is -4.71. The molecule has 3 rings (SSSR count). The molecule has 1 N–H and O–H groups in total. The topological polar surface area (TPSA) is 28.7 Å². The number of hydrogen-bond acceptors (Lipinski definition) is 1. The molecule has 0 saturated carbocycles. The van der Waals surface area contributed by atoms with Crippen molar-refractivity contribution in [2.45, 2.75) is 6.18 Å². The van der Waals surface area contributed by atoms with Gasteiger partial charge in [-0.2, -0.15) is 13.2 Å². The van der Waals surface area contributed by atoms with Crippen molar-refractivity contribution in [2.75, 3.05) is 0 Å². The second-order valence-electron chi connectivity index (χ2n) is 4.71. The van der Waals surface area contributed by atoms with Crippen LogP contribution in [0.15, 0.2) is 42.5 Å². The molecule has 0 atom stereocenters. The highest BCUT2D eigenvalue weighted by atomic mass is 19.4. The largest absolute Gasteiger partial charge is 0.419 e. The standard InChI is InChI=1S/C16H10F4N2/c17-12-7-5-10(9-11(12)16(18,19)20)6-8-15-21-13-3-1-2-4-14(13)22-15/h1-9H,(H,21,22). The van der Waals surface area contributed by atoms with Crippen molar-refractivity contribution in [3.63, 3.8) is 0 Å². The number of H-pyrrole nitrogens is 1. The van der Waals surface area contributed by atoms with E-state index < -0.39 is 17.6 Å². The van der Waals surface area contributed by atoms with Gasteiger partial charge in [0.05, 0.1) is 16.6 Å². The minimum Gasteiger partial charge on any atom is -0.338 e. The van der Waals surface area contributed by atoms with Gasteiger partial charge >= 0.3 is 6.18 Å². The Hall–Kier alpha value is -2.63. The van der Waals surface area contributed by atoms with Gasteiger partial charge in [-0.3, -0.25) is 0 Å². The van der Waals surface area contributed by atoms with Crippen molar-refractivity contribution < 1.29 is 17.6 Å². The average Bonchev–Trinajstić information content (AvgIpc) is 2.88. The third-order valence-corrected chi connectivity index (χ3v) is 3.14. The lowest BCUT2D eigenvalue weighted by Crippen LogP contribution is -2.08. The van der Waals surface area contributed by atoms with Crippen molar-refractivity contribution in [1.29, 1.82) is 0 Å². The van der Waals surface area contributed by atoms with Crippen molar-refractivity contribution in [1.82, 2.24) is 9.97 Å². The zero-order valence-electron chi connectivity index (χ0n) is 11.2. The second-order valence-corrected chi connectivity index (χ2v) is 4.71. The van der Waals surface area contributed by atoms with Gasteiger partial charge in [-0.05, 0) is 35.9 Å². The Morgan fingerprint density at radius 3 is 2.50 bits per heavy atom. The second kappa shape index (κ2) is 5.29. The van der Waals surface area contributed by atoms with Gasteiger partial charge in [0.1, 0.15) is 11.6 Å². The summed E-state index contributed by atoms with van der Waals surface area (Å²) in [6, 6.07) is 10.2. The van der Waals surface area contributed by atoms with Crippen LogP contribution in [-0.4, -0.2) is 9.97 Å². The van der Waals surface area contributed by atoms with Crippen LogP contribution in [0.25, 0.3) is 23.2 Å². The number of rotatable bonds is 2. The van der Waals surface area contributed by atoms with Crippen LogP contribution < -0.4 is 0 Å². The zero-order chi connectivity index (χ0) is 15.7. The summed E-state index contributed by atoms with van der Waals surface area (Å²) >= 11 is 0. The Morgan fingerprint density at radius 2 is 1.77 bits per heavy atom. The van der Waals surface area contributed by atoms with E-state index in [0.717, 1.165) is 23.2 Å². The maximum Gasteiger partial charge on any atom is 0.419 e. The molecule has 0 unspecified atom stereocenters. The number of nitrogens with one attached hydrogen (secondary N) is 1. The third-order valence-electron chi connectivity index (χ3n) is 3.14. The Morgan fingerprint density at radius 1 is 1.00 bits per heavy atom. The molecule has 0 aliphatic carbocycles. The van der Waals surface area contributed by atoms with Crippen LogP contribution in [0.3, 0.4) is 0 Å². The number of halogens is 4. The number of para-hydroxylation sites is 2. The molecule has 0 aliphatic rings. The molecular weight excluding hydrogens is 296 g/mol. The molecule has 2 nitrogen and oxygen atoms in total. The van der Waals surface area contributed by atoms with E-state index in [0.29, 0.717) is 5.82 Å². The number of imidazole rings is 1. The minimum absolute atomic E-state index is 0.245. The van der Waals surface area contributed by atoms with Crippen molar-refractivity contribution in [2.24, 2.45) is 0 Å². The lowest BCUT2D eigenvalue weighted by Gasteiger charge is -2.08. The van der Waals surface area contributed by atoms with Crippen LogP contribution in [0.2, 0.25) is 0 Å². The number of aromatic nitrogens is 2. The van der Waals surface area contributed by atoms with E-state index in [-0.39, 0.29) is 5.56 Å². The number of hydrogen-bond donors (Lipinski definition) is 1. The number of nitrogens with zero attached hydrogens (tertiary/aromatic N) is 1. The monoisotopic (exact) mass is 306 g/mol. The normalized spacial score (nSPS) is 12.4. The van der Waals surface area contributed by atoms with E-state index in [1.165, 1.54) is 12.1 Å². The van der Waals surface area contributed by atoms with Gasteiger partial charge in [-0.1, -0.05) is 24.3 Å². The molecule has 2 aromatic carbocycles. The van der Waals surface area contributed by atoms with Gasteiger partial charge < -0.3 is 4.98 Å². The molecule has 0 aliphatic heterocycles. The van der Waals surface area contributed by atoms with Crippen LogP contribution in [0.4, 0.5) is 17.6 Å². The predicted molar refractivity (Wildman–Crippen MR) is 76.4 cm³/mol. The van der Waals surface area contributed by atoms with E-state index in [1.54, 1.807) is 6.08 Å². The maximum absolute atomic E-state index is 13.2. The van der Waals surface area contributed by atoms with Crippen molar-refractivity contribution >= 4 is 23.2 Å². The lowest BCUT2D eigenvalue weighted by molar-refractivity contribution is -0.140. The number of benzene rings is 2. The Kier molecular flexibility index (Phi) is 3.44. The van der Waals surface area contributed by atoms with Gasteiger partial charge in [0.15, 0.2) is 0 Å². The molecule has 6 heteroatoms. The lowest BCUT2D eigenvalue weighted by atomic mass is 10.1. The fourth-order valence-corrected chi connectivity index (χ4v) is 2.09. The zero-order valence-corrected chi connectivity index (χ0v) is 11.2. The van der Waals surface area contributed by atoms with Gasteiger partial charge in [0.25, 0.3) is 0 Å². The van der Waals surface area contributed by atoms with Gasteiger partial charge in [0.2, 0.25) is 0 Å². The summed E-state index contributed by atoms with van der Waals surface area (Å²) in [5.74, 6) is -0.771. The SMILES string of the molecule is Fc1ccc(C=Cc2nc3ccccc3[nH]2)cc1C(F)(F)F. The highest BCUT2D eigenvalue weighted by molar-refractivity contribution is 5.78. The number of fused-ring (bicyclic) bond motifs is 1. The molecular formula is C16H10F4N2. The first-order chi connectivity index (χ1) is 10.4. The maximum atomic E-state index is 13.2. The van der Waals surface area contributed by atoms with Gasteiger partial charge in [0, 0.05) is 0 Å². The van der Waals surface area contributed by atoms with E-state index in [9.17, 15) is 17.6 Å². The fourth-order valence-electron chi connectivity index (χ4n) is 2.09. The Labute approximate surface area is 123 Å². The van der Waals surface area contributed by atoms with Gasteiger partial charge in [-0.25, -0.2) is 9.37 Å². The summed E-state index contributed by atoms with van der Waals surface area (Å²) in [5.41, 5.74) is 0.558. The van der Waals surface area contributed by atoms with E-state index >= 15 is 0 Å². The number of alkyl halides is 3. The first-order valence-corrected chi connectivity index (χ1v) is 6.43.